The van der Waals surface area contributed by atoms with Gasteiger partial charge in [0.2, 0.25) is 0 Å². The Labute approximate surface area is 176 Å². The number of non-ortho nitro benzene ring substituents is 1. The molecule has 1 aliphatic rings. The maximum atomic E-state index is 11.0. The molecule has 1 aliphatic heterocycles. The summed E-state index contributed by atoms with van der Waals surface area (Å²) < 4.78 is 6.29. The summed E-state index contributed by atoms with van der Waals surface area (Å²) in [6.45, 7) is 2.98. The third kappa shape index (κ3) is 3.62. The molecule has 0 spiro atoms. The van der Waals surface area contributed by atoms with Crippen molar-refractivity contribution in [2.75, 3.05) is 31.2 Å². The Morgan fingerprint density at radius 1 is 1.03 bits per heavy atom. The first-order valence-corrected chi connectivity index (χ1v) is 10.4. The second-order valence-corrected chi connectivity index (χ2v) is 8.05. The molecule has 3 heterocycles. The summed E-state index contributed by atoms with van der Waals surface area (Å²) in [5, 5.41) is 12.9. The van der Waals surface area contributed by atoms with Gasteiger partial charge in [0.05, 0.1) is 33.9 Å². The Morgan fingerprint density at radius 3 is 2.70 bits per heavy atom. The molecule has 0 amide bonds. The summed E-state index contributed by atoms with van der Waals surface area (Å²) in [6.07, 6.45) is 3.97. The van der Waals surface area contributed by atoms with E-state index in [1.807, 2.05) is 30.4 Å². The van der Waals surface area contributed by atoms with Crippen LogP contribution < -0.4 is 4.90 Å². The van der Waals surface area contributed by atoms with Gasteiger partial charge in [-0.1, -0.05) is 18.2 Å². The Bertz CT molecular complexity index is 1280. The minimum Gasteiger partial charge on any atom is -0.378 e. The number of hydrogen-bond acceptors (Lipinski definition) is 7. The number of fused-ring (bicyclic) bond motifs is 2. The Hall–Kier alpha value is -3.36. The molecule has 150 valence electrons. The van der Waals surface area contributed by atoms with Gasteiger partial charge in [0, 0.05) is 36.2 Å². The van der Waals surface area contributed by atoms with Crippen LogP contribution >= 0.6 is 11.3 Å². The predicted octanol–water partition coefficient (Wildman–Crippen LogP) is 4.76. The highest BCUT2D eigenvalue weighted by molar-refractivity contribution is 7.19. The average molecular weight is 418 g/mol. The third-order valence-electron chi connectivity index (χ3n) is 5.05. The van der Waals surface area contributed by atoms with E-state index in [9.17, 15) is 10.1 Å². The van der Waals surface area contributed by atoms with Crippen LogP contribution in [0.5, 0.6) is 0 Å². The number of nitrogens with zero attached hydrogens (tertiary/aromatic N) is 4. The van der Waals surface area contributed by atoms with Gasteiger partial charge < -0.3 is 9.64 Å². The number of benzene rings is 2. The summed E-state index contributed by atoms with van der Waals surface area (Å²) >= 11 is 1.44. The number of thiazole rings is 1. The summed E-state index contributed by atoms with van der Waals surface area (Å²) in [7, 11) is 0. The van der Waals surface area contributed by atoms with Crippen LogP contribution in [0.1, 0.15) is 10.6 Å². The summed E-state index contributed by atoms with van der Waals surface area (Å²) in [5.74, 6) is 0.935. The molecule has 5 rings (SSSR count). The van der Waals surface area contributed by atoms with Crippen molar-refractivity contribution < 1.29 is 9.66 Å². The molecule has 0 bridgehead atoms. The lowest BCUT2D eigenvalue weighted by Crippen LogP contribution is -2.37. The molecule has 4 aromatic rings. The summed E-state index contributed by atoms with van der Waals surface area (Å²) in [6, 6.07) is 15.0. The largest absolute Gasteiger partial charge is 0.378 e. The van der Waals surface area contributed by atoms with Gasteiger partial charge in [-0.05, 0) is 30.4 Å². The van der Waals surface area contributed by atoms with E-state index in [0.29, 0.717) is 13.2 Å². The van der Waals surface area contributed by atoms with Crippen molar-refractivity contribution >= 4 is 56.1 Å². The number of hydrogen-bond donors (Lipinski definition) is 0. The molecular formula is C22H18N4O3S. The number of ether oxygens (including phenoxy) is 1. The molecule has 0 unspecified atom stereocenters. The molecular weight excluding hydrogens is 400 g/mol. The van der Waals surface area contributed by atoms with Crippen LogP contribution in [0.2, 0.25) is 0 Å². The summed E-state index contributed by atoms with van der Waals surface area (Å²) in [5.41, 5.74) is 2.81. The highest BCUT2D eigenvalue weighted by Gasteiger charge is 2.16. The van der Waals surface area contributed by atoms with Crippen LogP contribution in [-0.2, 0) is 4.74 Å². The van der Waals surface area contributed by atoms with Crippen molar-refractivity contribution in [3.8, 4) is 0 Å². The van der Waals surface area contributed by atoms with Gasteiger partial charge in [0.1, 0.15) is 10.8 Å². The fraction of sp³-hybridized carbons (Fsp3) is 0.182. The van der Waals surface area contributed by atoms with Gasteiger partial charge >= 0.3 is 0 Å². The number of anilines is 1. The number of para-hydroxylation sites is 1. The minimum atomic E-state index is -0.385. The van der Waals surface area contributed by atoms with Crippen molar-refractivity contribution in [3.63, 3.8) is 0 Å². The summed E-state index contributed by atoms with van der Waals surface area (Å²) in [4.78, 5) is 22.4. The molecule has 1 fully saturated rings. The quantitative estimate of drug-likeness (QED) is 0.351. The first-order valence-electron chi connectivity index (χ1n) is 9.63. The maximum Gasteiger partial charge on any atom is 0.270 e. The first-order chi connectivity index (χ1) is 14.7. The number of rotatable bonds is 4. The van der Waals surface area contributed by atoms with Gasteiger partial charge in [-0.2, -0.15) is 0 Å². The fourth-order valence-corrected chi connectivity index (χ4v) is 4.45. The van der Waals surface area contributed by atoms with Gasteiger partial charge in [-0.15, -0.1) is 11.3 Å². The molecule has 0 atom stereocenters. The molecule has 30 heavy (non-hydrogen) atoms. The standard InChI is InChI=1S/C22H18N4O3S/c27-26(28)17-6-7-19-20(14-17)30-21(23-19)8-5-16-13-15-3-1-2-4-18(15)24-22(16)25-9-11-29-12-10-25/h1-8,13-14H,9-12H2. The molecule has 7 nitrogen and oxygen atoms in total. The highest BCUT2D eigenvalue weighted by Crippen LogP contribution is 2.29. The van der Waals surface area contributed by atoms with Gasteiger partial charge in [0.25, 0.3) is 5.69 Å². The zero-order valence-corrected chi connectivity index (χ0v) is 16.8. The smallest absolute Gasteiger partial charge is 0.270 e. The Balaban J connectivity index is 1.54. The maximum absolute atomic E-state index is 11.0. The van der Waals surface area contributed by atoms with Gasteiger partial charge in [-0.3, -0.25) is 10.1 Å². The monoisotopic (exact) mass is 418 g/mol. The predicted molar refractivity (Wildman–Crippen MR) is 120 cm³/mol. The fourth-order valence-electron chi connectivity index (χ4n) is 3.55. The number of nitro groups is 1. The van der Waals surface area contributed by atoms with E-state index >= 15 is 0 Å². The lowest BCUT2D eigenvalue weighted by molar-refractivity contribution is -0.384. The van der Waals surface area contributed by atoms with Crippen LogP contribution in [-0.4, -0.2) is 41.2 Å². The lowest BCUT2D eigenvalue weighted by atomic mass is 10.1. The minimum absolute atomic E-state index is 0.0787. The molecule has 2 aromatic carbocycles. The van der Waals surface area contributed by atoms with Crippen molar-refractivity contribution in [1.29, 1.82) is 0 Å². The molecule has 0 aliphatic carbocycles. The van der Waals surface area contributed by atoms with Crippen LogP contribution in [0.15, 0.2) is 48.5 Å². The van der Waals surface area contributed by atoms with Gasteiger partial charge in [0.15, 0.2) is 0 Å². The zero-order chi connectivity index (χ0) is 20.5. The van der Waals surface area contributed by atoms with Crippen molar-refractivity contribution in [2.45, 2.75) is 0 Å². The normalized spacial score (nSPS) is 14.7. The lowest BCUT2D eigenvalue weighted by Gasteiger charge is -2.29. The molecule has 0 radical (unpaired) electrons. The number of aromatic nitrogens is 2. The SMILES string of the molecule is O=[N+]([O-])c1ccc2nc(C=Cc3cc4ccccc4nc3N3CCOCC3)sc2c1. The molecule has 1 saturated heterocycles. The van der Waals surface area contributed by atoms with Gasteiger partial charge in [-0.25, -0.2) is 9.97 Å². The van der Waals surface area contributed by atoms with Crippen LogP contribution in [0.4, 0.5) is 11.5 Å². The van der Waals surface area contributed by atoms with E-state index < -0.39 is 0 Å². The number of morpholine rings is 1. The van der Waals surface area contributed by atoms with E-state index in [4.69, 9.17) is 9.72 Å². The molecule has 0 N–H and O–H groups in total. The van der Waals surface area contributed by atoms with E-state index in [0.717, 1.165) is 50.6 Å². The molecule has 2 aromatic heterocycles. The Morgan fingerprint density at radius 2 is 1.87 bits per heavy atom. The Kier molecular flexibility index (Phi) is 4.86. The molecule has 8 heteroatoms. The topological polar surface area (TPSA) is 81.4 Å². The van der Waals surface area contributed by atoms with Crippen molar-refractivity contribution in [3.05, 3.63) is 69.2 Å². The van der Waals surface area contributed by atoms with E-state index in [-0.39, 0.29) is 10.6 Å². The number of pyridine rings is 1. The number of nitro benzene ring substituents is 1. The van der Waals surface area contributed by atoms with Crippen molar-refractivity contribution in [2.24, 2.45) is 0 Å². The zero-order valence-electron chi connectivity index (χ0n) is 16.0. The highest BCUT2D eigenvalue weighted by atomic mass is 32.1. The average Bonchev–Trinajstić information content (AvgIpc) is 3.20. The third-order valence-corrected chi connectivity index (χ3v) is 6.03. The second kappa shape index (κ2) is 7.81. The van der Waals surface area contributed by atoms with E-state index in [2.05, 4.69) is 22.0 Å². The molecule has 0 saturated carbocycles. The van der Waals surface area contributed by atoms with E-state index in [1.54, 1.807) is 12.1 Å². The van der Waals surface area contributed by atoms with Crippen LogP contribution in [0, 0.1) is 10.1 Å². The van der Waals surface area contributed by atoms with Crippen molar-refractivity contribution in [1.82, 2.24) is 9.97 Å². The van der Waals surface area contributed by atoms with Crippen LogP contribution in [0.3, 0.4) is 0 Å². The first kappa shape index (κ1) is 18.7. The van der Waals surface area contributed by atoms with E-state index in [1.165, 1.54) is 17.4 Å². The van der Waals surface area contributed by atoms with Crippen LogP contribution in [0.25, 0.3) is 33.3 Å². The second-order valence-electron chi connectivity index (χ2n) is 6.99.